The lowest BCUT2D eigenvalue weighted by atomic mass is 9.74. The van der Waals surface area contributed by atoms with Crippen LogP contribution in [0.1, 0.15) is 77.9 Å². The summed E-state index contributed by atoms with van der Waals surface area (Å²) < 4.78 is 31.3. The van der Waals surface area contributed by atoms with Gasteiger partial charge in [-0.2, -0.15) is 4.31 Å². The molecule has 0 spiro atoms. The Morgan fingerprint density at radius 3 is 2.57 bits per heavy atom. The lowest BCUT2D eigenvalue weighted by molar-refractivity contribution is -0.147. The Morgan fingerprint density at radius 1 is 1.17 bits per heavy atom. The molecule has 1 N–H and O–H groups in total. The average molecular weight is 610 g/mol. The van der Waals surface area contributed by atoms with E-state index in [9.17, 15) is 18.3 Å². The molecule has 11 heteroatoms. The van der Waals surface area contributed by atoms with E-state index in [0.717, 1.165) is 44.6 Å². The smallest absolute Gasteiger partial charge is 0.310 e. The zero-order valence-electron chi connectivity index (χ0n) is 25.3. The van der Waals surface area contributed by atoms with Gasteiger partial charge in [0.1, 0.15) is 10.5 Å². The van der Waals surface area contributed by atoms with Gasteiger partial charge in [-0.15, -0.1) is 16.4 Å². The largest absolute Gasteiger partial charge is 0.481 e. The molecule has 0 aliphatic carbocycles. The maximum atomic E-state index is 14.0. The van der Waals surface area contributed by atoms with E-state index in [4.69, 9.17) is 4.98 Å². The Morgan fingerprint density at radius 2 is 1.90 bits per heavy atom. The van der Waals surface area contributed by atoms with Crippen LogP contribution in [0.5, 0.6) is 0 Å². The van der Waals surface area contributed by atoms with Crippen molar-refractivity contribution in [3.63, 3.8) is 0 Å². The van der Waals surface area contributed by atoms with Gasteiger partial charge in [-0.3, -0.25) is 4.79 Å². The third-order valence-corrected chi connectivity index (χ3v) is 11.7. The minimum Gasteiger partial charge on any atom is -0.481 e. The Balaban J connectivity index is 1.59. The summed E-state index contributed by atoms with van der Waals surface area (Å²) in [5.74, 6) is -1.32. The van der Waals surface area contributed by atoms with Gasteiger partial charge in [0.15, 0.2) is 0 Å². The first-order valence-electron chi connectivity index (χ1n) is 14.4. The Labute approximate surface area is 251 Å². The number of carboxylic acid groups (broad SMARTS) is 1. The van der Waals surface area contributed by atoms with Crippen molar-refractivity contribution in [1.29, 1.82) is 0 Å². The van der Waals surface area contributed by atoms with Crippen LogP contribution in [0.3, 0.4) is 0 Å². The molecule has 3 heterocycles. The molecule has 0 saturated carbocycles. The van der Waals surface area contributed by atoms with E-state index in [1.54, 1.807) is 24.2 Å². The number of aromatic nitrogens is 4. The predicted octanol–water partition coefficient (Wildman–Crippen LogP) is 5.85. The zero-order chi connectivity index (χ0) is 30.6. The van der Waals surface area contributed by atoms with Crippen LogP contribution in [0.2, 0.25) is 0 Å². The van der Waals surface area contributed by atoms with Crippen molar-refractivity contribution in [1.82, 2.24) is 24.3 Å². The van der Waals surface area contributed by atoms with Crippen LogP contribution in [-0.4, -0.2) is 50.3 Å². The van der Waals surface area contributed by atoms with Gasteiger partial charge >= 0.3 is 5.97 Å². The van der Waals surface area contributed by atoms with E-state index in [-0.39, 0.29) is 12.5 Å². The second-order valence-corrected chi connectivity index (χ2v) is 15.1. The molecule has 224 valence electrons. The fraction of sp³-hybridized carbons (Fsp3) is 0.484. The SMILES string of the molecule is CC[C@H]1Cc2ccc(C)cc2S(=O)(=O)N(Cc2nc([C@@H](c3ccc4c(nnn4CC)c3C)C(C)(C)C(=O)O)sc2C)C1. The van der Waals surface area contributed by atoms with E-state index in [1.165, 1.54) is 11.3 Å². The van der Waals surface area contributed by atoms with Crippen LogP contribution in [0.15, 0.2) is 35.2 Å². The van der Waals surface area contributed by atoms with E-state index >= 15 is 0 Å². The van der Waals surface area contributed by atoms with Crippen molar-refractivity contribution in [3.8, 4) is 0 Å². The molecule has 5 rings (SSSR count). The third-order valence-electron chi connectivity index (χ3n) is 8.74. The number of fused-ring (bicyclic) bond motifs is 2. The Hall–Kier alpha value is -3.15. The maximum absolute atomic E-state index is 14.0. The number of hydrogen-bond donors (Lipinski definition) is 1. The molecule has 2 atom stereocenters. The summed E-state index contributed by atoms with van der Waals surface area (Å²) in [5.41, 5.74) is 4.57. The summed E-state index contributed by atoms with van der Waals surface area (Å²) in [5, 5.41) is 19.6. The van der Waals surface area contributed by atoms with E-state index in [1.807, 2.05) is 56.6 Å². The highest BCUT2D eigenvalue weighted by Gasteiger charge is 2.42. The fourth-order valence-electron chi connectivity index (χ4n) is 5.96. The molecule has 0 radical (unpaired) electrons. The molecule has 2 aromatic heterocycles. The van der Waals surface area contributed by atoms with Crippen LogP contribution in [0.4, 0.5) is 0 Å². The van der Waals surface area contributed by atoms with Crippen LogP contribution in [0, 0.1) is 32.1 Å². The summed E-state index contributed by atoms with van der Waals surface area (Å²) in [6, 6.07) is 9.59. The fourth-order valence-corrected chi connectivity index (χ4v) is 9.00. The van der Waals surface area contributed by atoms with Gasteiger partial charge < -0.3 is 5.11 Å². The highest BCUT2D eigenvalue weighted by Crippen LogP contribution is 2.45. The average Bonchev–Trinajstić information content (AvgIpc) is 3.50. The van der Waals surface area contributed by atoms with Gasteiger partial charge in [-0.25, -0.2) is 18.1 Å². The van der Waals surface area contributed by atoms with Crippen molar-refractivity contribution in [2.24, 2.45) is 11.3 Å². The number of aliphatic carboxylic acids is 1. The lowest BCUT2D eigenvalue weighted by Gasteiger charge is -2.30. The lowest BCUT2D eigenvalue weighted by Crippen LogP contribution is -2.34. The number of nitrogens with zero attached hydrogens (tertiary/aromatic N) is 5. The molecule has 1 aliphatic heterocycles. The summed E-state index contributed by atoms with van der Waals surface area (Å²) in [4.78, 5) is 18.9. The number of sulfonamides is 1. The summed E-state index contributed by atoms with van der Waals surface area (Å²) in [6.07, 6.45) is 1.57. The van der Waals surface area contributed by atoms with Gasteiger partial charge in [0.05, 0.1) is 34.0 Å². The van der Waals surface area contributed by atoms with Gasteiger partial charge in [-0.1, -0.05) is 36.8 Å². The van der Waals surface area contributed by atoms with Crippen molar-refractivity contribution < 1.29 is 18.3 Å². The van der Waals surface area contributed by atoms with Gasteiger partial charge in [0.2, 0.25) is 10.0 Å². The highest BCUT2D eigenvalue weighted by atomic mass is 32.2. The van der Waals surface area contributed by atoms with E-state index in [0.29, 0.717) is 35.1 Å². The Kier molecular flexibility index (Phi) is 8.06. The normalized spacial score (nSPS) is 18.1. The summed E-state index contributed by atoms with van der Waals surface area (Å²) >= 11 is 1.44. The highest BCUT2D eigenvalue weighted by molar-refractivity contribution is 7.89. The molecule has 2 aromatic carbocycles. The van der Waals surface area contributed by atoms with Gasteiger partial charge in [0, 0.05) is 18.0 Å². The first kappa shape index (κ1) is 30.3. The Bertz CT molecular complexity index is 1770. The van der Waals surface area contributed by atoms with E-state index < -0.39 is 27.3 Å². The van der Waals surface area contributed by atoms with Gasteiger partial charge in [0.25, 0.3) is 0 Å². The zero-order valence-corrected chi connectivity index (χ0v) is 26.9. The minimum atomic E-state index is -3.75. The van der Waals surface area contributed by atoms with Crippen LogP contribution < -0.4 is 0 Å². The molecular weight excluding hydrogens is 571 g/mol. The number of carbonyl (C=O) groups is 1. The molecule has 0 fully saturated rings. The number of hydrogen-bond acceptors (Lipinski definition) is 7. The van der Waals surface area contributed by atoms with Crippen molar-refractivity contribution in [2.45, 2.75) is 85.2 Å². The molecule has 4 aromatic rings. The second kappa shape index (κ2) is 11.2. The van der Waals surface area contributed by atoms with Crippen LogP contribution >= 0.6 is 11.3 Å². The molecular formula is C31H39N5O4S2. The molecule has 1 aliphatic rings. The predicted molar refractivity (Wildman–Crippen MR) is 164 cm³/mol. The maximum Gasteiger partial charge on any atom is 0.310 e. The van der Waals surface area contributed by atoms with E-state index in [2.05, 4.69) is 17.2 Å². The quantitative estimate of drug-likeness (QED) is 0.266. The third kappa shape index (κ3) is 5.16. The van der Waals surface area contributed by atoms with Crippen molar-refractivity contribution >= 4 is 38.4 Å². The topological polar surface area (TPSA) is 118 Å². The van der Waals surface area contributed by atoms with Gasteiger partial charge in [-0.05, 0) is 88.3 Å². The number of aryl methyl sites for hydroxylation is 4. The van der Waals surface area contributed by atoms with Crippen LogP contribution in [-0.2, 0) is 34.3 Å². The summed E-state index contributed by atoms with van der Waals surface area (Å²) in [6.45, 7) is 14.5. The molecule has 0 amide bonds. The number of rotatable bonds is 8. The monoisotopic (exact) mass is 609 g/mol. The molecule has 0 bridgehead atoms. The molecule has 42 heavy (non-hydrogen) atoms. The molecule has 0 unspecified atom stereocenters. The summed E-state index contributed by atoms with van der Waals surface area (Å²) in [7, 11) is -3.75. The standard InChI is InChI=1S/C31H39N5O4S2/c1-8-21-15-22-11-10-18(3)14-26(22)42(39,40)35(16-21)17-24-20(5)41-29(32-24)27(31(6,7)30(37)38)23-12-13-25-28(19(23)4)33-34-36(25)9-2/h10-14,21,27H,8-9,15-17H2,1-7H3,(H,37,38)/t21-,27+/m0/s1. The second-order valence-electron chi connectivity index (χ2n) is 12.0. The molecule has 9 nitrogen and oxygen atoms in total. The number of thiazole rings is 1. The first-order chi connectivity index (χ1) is 19.8. The minimum absolute atomic E-state index is 0.137. The number of carboxylic acids is 1. The van der Waals surface area contributed by atoms with Crippen molar-refractivity contribution in [2.75, 3.05) is 6.54 Å². The first-order valence-corrected chi connectivity index (χ1v) is 16.7. The van der Waals surface area contributed by atoms with Crippen molar-refractivity contribution in [3.05, 3.63) is 68.2 Å². The molecule has 0 saturated heterocycles. The van der Waals surface area contributed by atoms with Crippen LogP contribution in [0.25, 0.3) is 11.0 Å². The number of benzene rings is 2.